The van der Waals surface area contributed by atoms with Gasteiger partial charge in [-0.25, -0.2) is 9.97 Å². The van der Waals surface area contributed by atoms with Gasteiger partial charge in [0.1, 0.15) is 0 Å². The summed E-state index contributed by atoms with van der Waals surface area (Å²) in [5.41, 5.74) is 17.4. The number of benzene rings is 8. The monoisotopic (exact) mass is 702 g/mol. The molecule has 260 valence electrons. The van der Waals surface area contributed by atoms with E-state index in [1.165, 1.54) is 49.7 Å². The summed E-state index contributed by atoms with van der Waals surface area (Å²) in [6.45, 7) is 4.72. The molecule has 0 aliphatic heterocycles. The maximum Gasteiger partial charge on any atom is 0.160 e. The number of hydrogen-bond donors (Lipinski definition) is 0. The minimum Gasteiger partial charge on any atom is -0.228 e. The SMILES string of the molecule is CC1(C)c2ccc(-c3ccc(-c4cccc(-c5nc(-c6ccccc6)cc(-c6cccc(-c7ccccc7)c6)n5)c4)cc3)cc2-c2ccc3ccccc3c21. The Kier molecular flexibility index (Phi) is 7.85. The normalized spacial score (nSPS) is 12.7. The van der Waals surface area contributed by atoms with E-state index in [2.05, 4.69) is 196 Å². The third kappa shape index (κ3) is 5.84. The average Bonchev–Trinajstić information content (AvgIpc) is 3.49. The summed E-state index contributed by atoms with van der Waals surface area (Å²) in [4.78, 5) is 10.3. The maximum atomic E-state index is 5.18. The molecule has 0 fully saturated rings. The third-order valence-corrected chi connectivity index (χ3v) is 11.3. The van der Waals surface area contributed by atoms with Crippen LogP contribution in [0.2, 0.25) is 0 Å². The van der Waals surface area contributed by atoms with Gasteiger partial charge in [-0.2, -0.15) is 0 Å². The average molecular weight is 703 g/mol. The lowest BCUT2D eigenvalue weighted by Gasteiger charge is -2.23. The summed E-state index contributed by atoms with van der Waals surface area (Å²) in [5.74, 6) is 0.703. The van der Waals surface area contributed by atoms with Crippen molar-refractivity contribution in [2.75, 3.05) is 0 Å². The highest BCUT2D eigenvalue weighted by Crippen LogP contribution is 2.52. The van der Waals surface area contributed by atoms with Crippen molar-refractivity contribution in [3.63, 3.8) is 0 Å². The topological polar surface area (TPSA) is 25.8 Å². The number of hydrogen-bond acceptors (Lipinski definition) is 2. The van der Waals surface area contributed by atoms with E-state index in [-0.39, 0.29) is 5.41 Å². The minimum atomic E-state index is -0.0593. The van der Waals surface area contributed by atoms with Gasteiger partial charge in [-0.3, -0.25) is 0 Å². The number of aromatic nitrogens is 2. The third-order valence-electron chi connectivity index (χ3n) is 11.3. The molecule has 1 aromatic heterocycles. The molecule has 0 saturated heterocycles. The molecule has 0 spiro atoms. The van der Waals surface area contributed by atoms with Crippen molar-refractivity contribution < 1.29 is 0 Å². The molecule has 2 heteroatoms. The fourth-order valence-corrected chi connectivity index (χ4v) is 8.46. The van der Waals surface area contributed by atoms with Crippen LogP contribution >= 0.6 is 0 Å². The molecule has 0 bridgehead atoms. The van der Waals surface area contributed by atoms with Crippen LogP contribution in [0.1, 0.15) is 25.0 Å². The van der Waals surface area contributed by atoms with Gasteiger partial charge in [-0.05, 0) is 90.7 Å². The first kappa shape index (κ1) is 32.7. The molecule has 0 unspecified atom stereocenters. The molecular weight excluding hydrogens is 665 g/mol. The zero-order chi connectivity index (χ0) is 36.9. The molecule has 0 radical (unpaired) electrons. The molecule has 1 aliphatic carbocycles. The molecule has 1 aliphatic rings. The molecular formula is C53H38N2. The molecule has 0 amide bonds. The molecule has 55 heavy (non-hydrogen) atoms. The zero-order valence-corrected chi connectivity index (χ0v) is 30.9. The lowest BCUT2D eigenvalue weighted by atomic mass is 9.80. The predicted molar refractivity (Wildman–Crippen MR) is 230 cm³/mol. The summed E-state index contributed by atoms with van der Waals surface area (Å²) < 4.78 is 0. The second-order valence-corrected chi connectivity index (χ2v) is 15.0. The lowest BCUT2D eigenvalue weighted by Crippen LogP contribution is -2.15. The Morgan fingerprint density at radius 3 is 1.56 bits per heavy atom. The Labute approximate surface area is 322 Å². The minimum absolute atomic E-state index is 0.0593. The molecule has 10 rings (SSSR count). The van der Waals surface area contributed by atoms with Crippen molar-refractivity contribution in [3.8, 4) is 78.4 Å². The van der Waals surface area contributed by atoms with Gasteiger partial charge in [-0.15, -0.1) is 0 Å². The molecule has 0 atom stereocenters. The Balaban J connectivity index is 0.996. The van der Waals surface area contributed by atoms with Gasteiger partial charge in [0.25, 0.3) is 0 Å². The summed E-state index contributed by atoms with van der Waals surface area (Å²) in [6.07, 6.45) is 0. The van der Waals surface area contributed by atoms with E-state index in [1.807, 2.05) is 12.1 Å². The molecule has 0 saturated carbocycles. The molecule has 1 heterocycles. The summed E-state index contributed by atoms with van der Waals surface area (Å²) >= 11 is 0. The Bertz CT molecular complexity index is 2870. The van der Waals surface area contributed by atoms with Gasteiger partial charge >= 0.3 is 0 Å². The van der Waals surface area contributed by atoms with Crippen LogP contribution in [0.5, 0.6) is 0 Å². The summed E-state index contributed by atoms with van der Waals surface area (Å²) in [6, 6.07) is 69.5. The van der Waals surface area contributed by atoms with Crippen LogP contribution in [0.15, 0.2) is 194 Å². The maximum absolute atomic E-state index is 5.18. The zero-order valence-electron chi connectivity index (χ0n) is 30.9. The number of fused-ring (bicyclic) bond motifs is 5. The number of nitrogens with zero attached hydrogens (tertiary/aromatic N) is 2. The fourth-order valence-electron chi connectivity index (χ4n) is 8.46. The van der Waals surface area contributed by atoms with Crippen LogP contribution in [0.4, 0.5) is 0 Å². The fraction of sp³-hybridized carbons (Fsp3) is 0.0566. The quantitative estimate of drug-likeness (QED) is 0.172. The van der Waals surface area contributed by atoms with Gasteiger partial charge in [0.2, 0.25) is 0 Å². The molecule has 8 aromatic carbocycles. The van der Waals surface area contributed by atoms with Crippen LogP contribution in [0.3, 0.4) is 0 Å². The first-order valence-corrected chi connectivity index (χ1v) is 19.0. The van der Waals surface area contributed by atoms with Crippen molar-refractivity contribution in [1.82, 2.24) is 9.97 Å². The largest absolute Gasteiger partial charge is 0.228 e. The first-order chi connectivity index (χ1) is 27.0. The van der Waals surface area contributed by atoms with Gasteiger partial charge < -0.3 is 0 Å². The van der Waals surface area contributed by atoms with Crippen molar-refractivity contribution >= 4 is 10.8 Å². The van der Waals surface area contributed by atoms with E-state index in [0.29, 0.717) is 5.82 Å². The Hall–Kier alpha value is -6.90. The predicted octanol–water partition coefficient (Wildman–Crippen LogP) is 13.9. The van der Waals surface area contributed by atoms with E-state index >= 15 is 0 Å². The van der Waals surface area contributed by atoms with Crippen LogP contribution in [0.25, 0.3) is 89.2 Å². The van der Waals surface area contributed by atoms with Crippen LogP contribution < -0.4 is 0 Å². The Morgan fingerprint density at radius 2 is 0.855 bits per heavy atom. The van der Waals surface area contributed by atoms with E-state index in [9.17, 15) is 0 Å². The molecule has 0 N–H and O–H groups in total. The highest BCUT2D eigenvalue weighted by atomic mass is 14.9. The van der Waals surface area contributed by atoms with Gasteiger partial charge in [-0.1, -0.05) is 184 Å². The summed E-state index contributed by atoms with van der Waals surface area (Å²) in [7, 11) is 0. The van der Waals surface area contributed by atoms with Crippen molar-refractivity contribution in [2.45, 2.75) is 19.3 Å². The molecule has 2 nitrogen and oxygen atoms in total. The van der Waals surface area contributed by atoms with Crippen LogP contribution in [-0.2, 0) is 5.41 Å². The summed E-state index contributed by atoms with van der Waals surface area (Å²) in [5, 5.41) is 2.64. The van der Waals surface area contributed by atoms with Crippen molar-refractivity contribution in [2.24, 2.45) is 0 Å². The van der Waals surface area contributed by atoms with Crippen molar-refractivity contribution in [1.29, 1.82) is 0 Å². The van der Waals surface area contributed by atoms with Gasteiger partial charge in [0, 0.05) is 22.1 Å². The van der Waals surface area contributed by atoms with E-state index in [4.69, 9.17) is 9.97 Å². The van der Waals surface area contributed by atoms with Crippen molar-refractivity contribution in [3.05, 3.63) is 205 Å². The highest BCUT2D eigenvalue weighted by molar-refractivity contribution is 5.98. The second-order valence-electron chi connectivity index (χ2n) is 15.0. The van der Waals surface area contributed by atoms with E-state index in [0.717, 1.165) is 44.8 Å². The smallest absolute Gasteiger partial charge is 0.160 e. The Morgan fingerprint density at radius 1 is 0.345 bits per heavy atom. The lowest BCUT2D eigenvalue weighted by molar-refractivity contribution is 0.666. The second kappa shape index (κ2) is 13.2. The first-order valence-electron chi connectivity index (χ1n) is 19.0. The highest BCUT2D eigenvalue weighted by Gasteiger charge is 2.36. The van der Waals surface area contributed by atoms with Crippen LogP contribution in [0, 0.1) is 0 Å². The number of rotatable bonds is 6. The van der Waals surface area contributed by atoms with Crippen LogP contribution in [-0.4, -0.2) is 9.97 Å². The van der Waals surface area contributed by atoms with E-state index in [1.54, 1.807) is 0 Å². The van der Waals surface area contributed by atoms with Gasteiger partial charge in [0.05, 0.1) is 11.4 Å². The van der Waals surface area contributed by atoms with Gasteiger partial charge in [0.15, 0.2) is 5.82 Å². The molecule has 9 aromatic rings. The van der Waals surface area contributed by atoms with E-state index < -0.39 is 0 Å². The standard InChI is InChI=1S/C53H38N2/c1-53(2)48-30-28-42(33-47(48)46-29-27-38-15-9-10-22-45(38)51(46)53)37-25-23-36(24-26-37)41-19-12-21-44(32-41)52-54-49(39-16-7-4-8-17-39)34-50(55-52)43-20-11-18-40(31-43)35-13-5-3-6-14-35/h3-34H,1-2H3.